The third kappa shape index (κ3) is 6.07. The number of carboxylic acids is 1. The van der Waals surface area contributed by atoms with Gasteiger partial charge in [-0.1, -0.05) is 19.8 Å². The van der Waals surface area contributed by atoms with Gasteiger partial charge in [0, 0.05) is 6.61 Å². The fraction of sp³-hybridized carbons (Fsp3) is 0.750. The minimum atomic E-state index is -4.33. The largest absolute Gasteiger partial charge is 0.478 e. The summed E-state index contributed by atoms with van der Waals surface area (Å²) < 4.78 is 29.2. The van der Waals surface area contributed by atoms with E-state index in [1.807, 2.05) is 6.92 Å². The van der Waals surface area contributed by atoms with E-state index in [1.54, 1.807) is 4.72 Å². The Hall–Kier alpha value is -1.35. The maximum absolute atomic E-state index is 11.4. The molecule has 0 aliphatic rings. The zero-order valence-corrected chi connectivity index (χ0v) is 10.3. The van der Waals surface area contributed by atoms with Crippen molar-refractivity contribution >= 4 is 22.0 Å². The van der Waals surface area contributed by atoms with Gasteiger partial charge in [0.2, 0.25) is 0 Å². The van der Waals surface area contributed by atoms with Gasteiger partial charge in [-0.3, -0.25) is 10.1 Å². The number of nitrogens with two attached hydrogens (primary N) is 1. The van der Waals surface area contributed by atoms with E-state index in [4.69, 9.17) is 21.0 Å². The first-order valence-corrected chi connectivity index (χ1v) is 6.56. The van der Waals surface area contributed by atoms with Crippen LogP contribution in [0.5, 0.6) is 0 Å². The van der Waals surface area contributed by atoms with E-state index in [1.165, 1.54) is 0 Å². The Morgan fingerprint density at radius 1 is 1.53 bits per heavy atom. The van der Waals surface area contributed by atoms with Gasteiger partial charge in [0.05, 0.1) is 0 Å². The molecule has 0 aromatic heterocycles. The molecular formula is C8H17N3O5S. The highest BCUT2D eigenvalue weighted by molar-refractivity contribution is 7.91. The zero-order valence-electron chi connectivity index (χ0n) is 9.47. The molecule has 0 aliphatic heterocycles. The van der Waals surface area contributed by atoms with E-state index in [0.29, 0.717) is 6.42 Å². The first-order chi connectivity index (χ1) is 7.81. The highest BCUT2D eigenvalue weighted by atomic mass is 32.2. The van der Waals surface area contributed by atoms with E-state index >= 15 is 0 Å². The van der Waals surface area contributed by atoms with Crippen molar-refractivity contribution < 1.29 is 23.1 Å². The van der Waals surface area contributed by atoms with Crippen LogP contribution in [0.3, 0.4) is 0 Å². The minimum Gasteiger partial charge on any atom is -0.478 e. The van der Waals surface area contributed by atoms with Crippen molar-refractivity contribution in [1.29, 1.82) is 5.41 Å². The van der Waals surface area contributed by atoms with Crippen LogP contribution in [-0.2, 0) is 19.6 Å². The number of ether oxygens (including phenoxy) is 1. The lowest BCUT2D eigenvalue weighted by atomic mass is 10.3. The predicted octanol–water partition coefficient (Wildman–Crippen LogP) is -0.583. The summed E-state index contributed by atoms with van der Waals surface area (Å²) in [6, 6.07) is 0. The fourth-order valence-electron chi connectivity index (χ4n) is 1.04. The molecule has 100 valence electrons. The Bertz CT molecular complexity index is 367. The van der Waals surface area contributed by atoms with Crippen LogP contribution in [0.2, 0.25) is 0 Å². The molecule has 1 unspecified atom stereocenters. The zero-order chi connectivity index (χ0) is 13.5. The van der Waals surface area contributed by atoms with Crippen LogP contribution in [0.15, 0.2) is 0 Å². The van der Waals surface area contributed by atoms with Gasteiger partial charge in [-0.25, -0.2) is 13.2 Å². The highest BCUT2D eigenvalue weighted by Crippen LogP contribution is 2.04. The number of hydrogen-bond donors (Lipinski definition) is 4. The van der Waals surface area contributed by atoms with Crippen LogP contribution in [0.4, 0.5) is 0 Å². The molecule has 0 saturated carbocycles. The molecular weight excluding hydrogens is 250 g/mol. The maximum Gasteiger partial charge on any atom is 0.350 e. The first kappa shape index (κ1) is 15.7. The maximum atomic E-state index is 11.4. The highest BCUT2D eigenvalue weighted by Gasteiger charge is 2.33. The smallest absolute Gasteiger partial charge is 0.350 e. The average molecular weight is 267 g/mol. The first-order valence-electron chi connectivity index (χ1n) is 5.01. The summed E-state index contributed by atoms with van der Waals surface area (Å²) in [4.78, 5) is 10.7. The third-order valence-corrected chi connectivity index (χ3v) is 3.16. The van der Waals surface area contributed by atoms with Crippen LogP contribution in [0.1, 0.15) is 26.2 Å². The van der Waals surface area contributed by atoms with Crippen molar-refractivity contribution in [2.45, 2.75) is 31.6 Å². The molecule has 5 N–H and O–H groups in total. The SMILES string of the molecule is CCCCCOC(C(=O)O)S(=O)(=O)NC(=N)N. The fourth-order valence-corrected chi connectivity index (χ4v) is 2.00. The lowest BCUT2D eigenvalue weighted by Crippen LogP contribution is -2.46. The van der Waals surface area contributed by atoms with Crippen molar-refractivity contribution in [1.82, 2.24) is 4.72 Å². The molecule has 0 heterocycles. The summed E-state index contributed by atoms with van der Waals surface area (Å²) in [5.41, 5.74) is 2.78. The van der Waals surface area contributed by atoms with Gasteiger partial charge in [-0.05, 0) is 6.42 Å². The molecule has 1 atom stereocenters. The molecule has 0 aromatic rings. The van der Waals surface area contributed by atoms with Crippen LogP contribution < -0.4 is 10.5 Å². The molecule has 0 aliphatic carbocycles. The van der Waals surface area contributed by atoms with E-state index in [0.717, 1.165) is 12.8 Å². The van der Waals surface area contributed by atoms with Crippen molar-refractivity contribution in [2.24, 2.45) is 5.73 Å². The number of guanidine groups is 1. The molecule has 0 bridgehead atoms. The van der Waals surface area contributed by atoms with E-state index in [9.17, 15) is 13.2 Å². The lowest BCUT2D eigenvalue weighted by Gasteiger charge is -2.14. The Morgan fingerprint density at radius 3 is 2.53 bits per heavy atom. The second kappa shape index (κ2) is 7.07. The topological polar surface area (TPSA) is 143 Å². The summed E-state index contributed by atoms with van der Waals surface area (Å²) in [7, 11) is -4.33. The normalized spacial score (nSPS) is 13.0. The van der Waals surface area contributed by atoms with Crippen LogP contribution in [0, 0.1) is 5.41 Å². The third-order valence-electron chi connectivity index (χ3n) is 1.75. The number of carbonyl (C=O) groups is 1. The van der Waals surface area contributed by atoms with Gasteiger partial charge in [0.25, 0.3) is 15.5 Å². The second-order valence-electron chi connectivity index (χ2n) is 3.31. The molecule has 0 aromatic carbocycles. The molecule has 0 fully saturated rings. The molecule has 0 spiro atoms. The Kier molecular flexibility index (Phi) is 6.51. The predicted molar refractivity (Wildman–Crippen MR) is 60.9 cm³/mol. The van der Waals surface area contributed by atoms with Crippen molar-refractivity contribution in [3.63, 3.8) is 0 Å². The number of nitrogens with one attached hydrogen (secondary N) is 2. The summed E-state index contributed by atoms with van der Waals surface area (Å²) in [5.74, 6) is -2.50. The number of aliphatic carboxylic acids is 1. The molecule has 8 nitrogen and oxygen atoms in total. The van der Waals surface area contributed by atoms with Crippen molar-refractivity contribution in [2.75, 3.05) is 6.61 Å². The summed E-state index contributed by atoms with van der Waals surface area (Å²) >= 11 is 0. The summed E-state index contributed by atoms with van der Waals surface area (Å²) in [5, 5.41) is 15.5. The van der Waals surface area contributed by atoms with E-state index < -0.39 is 27.4 Å². The van der Waals surface area contributed by atoms with Crippen molar-refractivity contribution in [3.05, 3.63) is 0 Å². The van der Waals surface area contributed by atoms with Crippen molar-refractivity contribution in [3.8, 4) is 0 Å². The standard InChI is InChI=1S/C8H17N3O5S/c1-2-3-4-5-16-7(6(12)13)17(14,15)11-8(9)10/h7H,2-5H2,1H3,(H,12,13)(H4,9,10,11). The number of hydrogen-bond acceptors (Lipinski definition) is 5. The summed E-state index contributed by atoms with van der Waals surface area (Å²) in [6.45, 7) is 1.96. The molecule has 17 heavy (non-hydrogen) atoms. The van der Waals surface area contributed by atoms with Gasteiger partial charge in [0.1, 0.15) is 0 Å². The van der Waals surface area contributed by atoms with Gasteiger partial charge >= 0.3 is 5.97 Å². The quantitative estimate of drug-likeness (QED) is 0.263. The number of rotatable bonds is 8. The molecule has 0 radical (unpaired) electrons. The molecule has 0 amide bonds. The monoisotopic (exact) mass is 267 g/mol. The molecule has 0 saturated heterocycles. The summed E-state index contributed by atoms with van der Waals surface area (Å²) in [6.07, 6.45) is 2.28. The lowest BCUT2D eigenvalue weighted by molar-refractivity contribution is -0.144. The van der Waals surface area contributed by atoms with Crippen LogP contribution >= 0.6 is 0 Å². The Labute approximate surface area is 99.7 Å². The van der Waals surface area contributed by atoms with Gasteiger partial charge < -0.3 is 15.6 Å². The number of sulfonamides is 1. The van der Waals surface area contributed by atoms with Gasteiger partial charge in [-0.15, -0.1) is 0 Å². The van der Waals surface area contributed by atoms with Crippen LogP contribution in [0.25, 0.3) is 0 Å². The van der Waals surface area contributed by atoms with E-state index in [-0.39, 0.29) is 6.61 Å². The molecule has 0 rings (SSSR count). The number of carboxylic acid groups (broad SMARTS) is 1. The molecule has 9 heteroatoms. The van der Waals surface area contributed by atoms with Gasteiger partial charge in [0.15, 0.2) is 5.96 Å². The minimum absolute atomic E-state index is 0.0175. The Morgan fingerprint density at radius 2 is 2.12 bits per heavy atom. The van der Waals surface area contributed by atoms with E-state index in [2.05, 4.69) is 0 Å². The second-order valence-corrected chi connectivity index (χ2v) is 5.03. The number of unbranched alkanes of at least 4 members (excludes halogenated alkanes) is 2. The van der Waals surface area contributed by atoms with Gasteiger partial charge in [-0.2, -0.15) is 0 Å². The Balaban J connectivity index is 4.52. The van der Waals surface area contributed by atoms with Crippen LogP contribution in [-0.4, -0.2) is 37.5 Å². The average Bonchev–Trinajstić information content (AvgIpc) is 2.14.